The Hall–Kier alpha value is -1.40. The summed E-state index contributed by atoms with van der Waals surface area (Å²) in [5.41, 5.74) is 2.55. The van der Waals surface area contributed by atoms with Crippen molar-refractivity contribution in [2.45, 2.75) is 58.7 Å². The number of aromatic nitrogens is 2. The minimum absolute atomic E-state index is 0.103. The summed E-state index contributed by atoms with van der Waals surface area (Å²) in [5.74, 6) is 0.103. The molecule has 0 radical (unpaired) electrons. The van der Waals surface area contributed by atoms with Gasteiger partial charge in [0.15, 0.2) is 0 Å². The van der Waals surface area contributed by atoms with Crippen LogP contribution in [0.1, 0.15) is 47.9 Å². The number of aliphatic hydroxyl groups excluding tert-OH is 1. The number of amides is 1. The molecule has 6 heteroatoms. The summed E-state index contributed by atoms with van der Waals surface area (Å²) in [6, 6.07) is 0.290. The molecule has 0 aromatic carbocycles. The normalized spacial score (nSPS) is 26.0. The van der Waals surface area contributed by atoms with Crippen molar-refractivity contribution in [3.8, 4) is 0 Å². The fourth-order valence-electron chi connectivity index (χ4n) is 4.08. The lowest BCUT2D eigenvalue weighted by molar-refractivity contribution is 0.0315. The van der Waals surface area contributed by atoms with Crippen LogP contribution in [0.2, 0.25) is 0 Å². The Bertz CT molecular complexity index is 575. The van der Waals surface area contributed by atoms with Crippen LogP contribution < -0.4 is 0 Å². The van der Waals surface area contributed by atoms with Gasteiger partial charge in [-0.3, -0.25) is 14.4 Å². The molecule has 0 unspecified atom stereocenters. The number of piperazine rings is 1. The Morgan fingerprint density at radius 2 is 1.91 bits per heavy atom. The largest absolute Gasteiger partial charge is 0.391 e. The molecule has 2 atom stereocenters. The molecule has 23 heavy (non-hydrogen) atoms. The lowest BCUT2D eigenvalue weighted by atomic mass is 10.1. The number of carbonyl (C=O) groups is 1. The maximum absolute atomic E-state index is 12.9. The van der Waals surface area contributed by atoms with Gasteiger partial charge < -0.3 is 10.0 Å². The average Bonchev–Trinajstić information content (AvgIpc) is 3.10. The Morgan fingerprint density at radius 3 is 2.43 bits per heavy atom. The number of aryl methyl sites for hydroxylation is 2. The first-order valence-electron chi connectivity index (χ1n) is 8.78. The van der Waals surface area contributed by atoms with E-state index in [0.29, 0.717) is 6.04 Å². The number of hydrogen-bond acceptors (Lipinski definition) is 4. The summed E-state index contributed by atoms with van der Waals surface area (Å²) in [4.78, 5) is 17.2. The monoisotopic (exact) mass is 320 g/mol. The molecule has 1 saturated heterocycles. The molecule has 2 fully saturated rings. The summed E-state index contributed by atoms with van der Waals surface area (Å²) in [5, 5.41) is 14.5. The second-order valence-electron chi connectivity index (χ2n) is 6.76. The van der Waals surface area contributed by atoms with Crippen molar-refractivity contribution in [1.82, 2.24) is 19.6 Å². The molecular weight excluding hydrogens is 292 g/mol. The third-order valence-electron chi connectivity index (χ3n) is 5.41. The van der Waals surface area contributed by atoms with Gasteiger partial charge in [-0.25, -0.2) is 0 Å². The van der Waals surface area contributed by atoms with E-state index in [2.05, 4.69) is 10.00 Å². The van der Waals surface area contributed by atoms with E-state index in [9.17, 15) is 9.90 Å². The van der Waals surface area contributed by atoms with Crippen molar-refractivity contribution in [2.24, 2.45) is 0 Å². The van der Waals surface area contributed by atoms with Crippen molar-refractivity contribution in [3.63, 3.8) is 0 Å². The molecule has 1 N–H and O–H groups in total. The molecule has 2 heterocycles. The molecule has 6 nitrogen and oxygen atoms in total. The van der Waals surface area contributed by atoms with Crippen LogP contribution in [0.3, 0.4) is 0 Å². The predicted octanol–water partition coefficient (Wildman–Crippen LogP) is 1.19. The topological polar surface area (TPSA) is 61.6 Å². The molecule has 1 aliphatic carbocycles. The van der Waals surface area contributed by atoms with Crippen molar-refractivity contribution in [3.05, 3.63) is 17.0 Å². The molecule has 0 spiro atoms. The second kappa shape index (κ2) is 6.61. The Morgan fingerprint density at radius 1 is 1.22 bits per heavy atom. The molecule has 3 rings (SSSR count). The van der Waals surface area contributed by atoms with Gasteiger partial charge in [0.25, 0.3) is 5.91 Å². The van der Waals surface area contributed by atoms with Crippen LogP contribution in [-0.4, -0.2) is 68.9 Å². The van der Waals surface area contributed by atoms with Crippen molar-refractivity contribution < 1.29 is 9.90 Å². The van der Waals surface area contributed by atoms with Crippen molar-refractivity contribution in [1.29, 1.82) is 0 Å². The van der Waals surface area contributed by atoms with Crippen LogP contribution in [0.5, 0.6) is 0 Å². The fraction of sp³-hybridized carbons (Fsp3) is 0.765. The first-order valence-corrected chi connectivity index (χ1v) is 8.78. The first kappa shape index (κ1) is 16.5. The Kier molecular flexibility index (Phi) is 4.73. The Balaban J connectivity index is 1.66. The maximum Gasteiger partial charge on any atom is 0.257 e. The zero-order chi connectivity index (χ0) is 16.6. The van der Waals surface area contributed by atoms with Gasteiger partial charge >= 0.3 is 0 Å². The number of hydrogen-bond donors (Lipinski definition) is 1. The molecule has 1 saturated carbocycles. The SMILES string of the molecule is CCn1nc(C)c(C(=O)N2CCN([C@@H]3CCC[C@@H]3O)CC2)c1C. The highest BCUT2D eigenvalue weighted by atomic mass is 16.3. The zero-order valence-corrected chi connectivity index (χ0v) is 14.5. The molecule has 1 aromatic heterocycles. The molecule has 1 aromatic rings. The predicted molar refractivity (Wildman–Crippen MR) is 88.5 cm³/mol. The molecule has 1 amide bonds. The molecule has 2 aliphatic rings. The Labute approximate surface area is 138 Å². The second-order valence-corrected chi connectivity index (χ2v) is 6.76. The van der Waals surface area contributed by atoms with Crippen molar-refractivity contribution >= 4 is 5.91 Å². The third-order valence-corrected chi connectivity index (χ3v) is 5.41. The number of carbonyl (C=O) groups excluding carboxylic acids is 1. The van der Waals surface area contributed by atoms with E-state index in [0.717, 1.165) is 68.9 Å². The lowest BCUT2D eigenvalue weighted by Crippen LogP contribution is -2.53. The van der Waals surface area contributed by atoms with Crippen LogP contribution in [0.4, 0.5) is 0 Å². The standard InChI is InChI=1S/C17H28N4O2/c1-4-21-13(3)16(12(2)18-21)17(23)20-10-8-19(9-11-20)14-6-5-7-15(14)22/h14-15,22H,4-11H2,1-3H3/t14-,15+/m1/s1. The van der Waals surface area contributed by atoms with Gasteiger partial charge in [0.05, 0.1) is 17.4 Å². The quantitative estimate of drug-likeness (QED) is 0.909. The molecule has 0 bridgehead atoms. The van der Waals surface area contributed by atoms with Gasteiger partial charge in [-0.05, 0) is 40.0 Å². The minimum atomic E-state index is -0.190. The van der Waals surface area contributed by atoms with E-state index < -0.39 is 0 Å². The summed E-state index contributed by atoms with van der Waals surface area (Å²) >= 11 is 0. The zero-order valence-electron chi connectivity index (χ0n) is 14.5. The third kappa shape index (κ3) is 3.02. The fourth-order valence-corrected chi connectivity index (χ4v) is 4.08. The number of nitrogens with zero attached hydrogens (tertiary/aromatic N) is 4. The van der Waals surface area contributed by atoms with Gasteiger partial charge in [-0.1, -0.05) is 0 Å². The van der Waals surface area contributed by atoms with E-state index >= 15 is 0 Å². The van der Waals surface area contributed by atoms with Crippen LogP contribution >= 0.6 is 0 Å². The molecule has 1 aliphatic heterocycles. The van der Waals surface area contributed by atoms with E-state index in [1.807, 2.05) is 30.4 Å². The summed E-state index contributed by atoms with van der Waals surface area (Å²) < 4.78 is 1.90. The smallest absolute Gasteiger partial charge is 0.257 e. The highest BCUT2D eigenvalue weighted by molar-refractivity contribution is 5.96. The average molecular weight is 320 g/mol. The first-order chi connectivity index (χ1) is 11.0. The summed E-state index contributed by atoms with van der Waals surface area (Å²) in [7, 11) is 0. The number of aliphatic hydroxyl groups is 1. The van der Waals surface area contributed by atoms with Crippen molar-refractivity contribution in [2.75, 3.05) is 26.2 Å². The minimum Gasteiger partial charge on any atom is -0.391 e. The van der Waals surface area contributed by atoms with Gasteiger partial charge in [0.1, 0.15) is 0 Å². The van der Waals surface area contributed by atoms with E-state index in [1.165, 1.54) is 0 Å². The van der Waals surface area contributed by atoms with Gasteiger partial charge in [-0.2, -0.15) is 5.10 Å². The van der Waals surface area contributed by atoms with E-state index in [1.54, 1.807) is 0 Å². The van der Waals surface area contributed by atoms with Crippen LogP contribution in [0, 0.1) is 13.8 Å². The highest BCUT2D eigenvalue weighted by Gasteiger charge is 2.34. The van der Waals surface area contributed by atoms with E-state index in [4.69, 9.17) is 0 Å². The molecular formula is C17H28N4O2. The van der Waals surface area contributed by atoms with E-state index in [-0.39, 0.29) is 12.0 Å². The maximum atomic E-state index is 12.9. The summed E-state index contributed by atoms with van der Waals surface area (Å²) in [6.45, 7) is 9.89. The molecule has 128 valence electrons. The van der Waals surface area contributed by atoms with Crippen LogP contribution in [-0.2, 0) is 6.54 Å². The summed E-state index contributed by atoms with van der Waals surface area (Å²) in [6.07, 6.45) is 2.92. The lowest BCUT2D eigenvalue weighted by Gasteiger charge is -2.39. The van der Waals surface area contributed by atoms with Crippen LogP contribution in [0.15, 0.2) is 0 Å². The highest BCUT2D eigenvalue weighted by Crippen LogP contribution is 2.25. The number of rotatable bonds is 3. The van der Waals surface area contributed by atoms with Gasteiger partial charge in [0.2, 0.25) is 0 Å². The van der Waals surface area contributed by atoms with Gasteiger partial charge in [0, 0.05) is 44.5 Å². The van der Waals surface area contributed by atoms with Crippen LogP contribution in [0.25, 0.3) is 0 Å². The van der Waals surface area contributed by atoms with Gasteiger partial charge in [-0.15, -0.1) is 0 Å².